The predicted molar refractivity (Wildman–Crippen MR) is 108 cm³/mol. The van der Waals surface area contributed by atoms with Crippen molar-refractivity contribution in [1.82, 2.24) is 5.43 Å². The van der Waals surface area contributed by atoms with Crippen molar-refractivity contribution in [1.29, 1.82) is 0 Å². The van der Waals surface area contributed by atoms with Crippen LogP contribution in [0.15, 0.2) is 71.9 Å². The number of benzene rings is 2. The first-order chi connectivity index (χ1) is 12.5. The second-order valence-corrected chi connectivity index (χ2v) is 6.02. The highest BCUT2D eigenvalue weighted by atomic mass is 35.5. The Labute approximate surface area is 158 Å². The number of aryl methyl sites for hydroxylation is 1. The van der Waals surface area contributed by atoms with Crippen molar-refractivity contribution in [3.63, 3.8) is 0 Å². The molecule has 0 radical (unpaired) electrons. The Hall–Kier alpha value is -2.85. The van der Waals surface area contributed by atoms with Crippen LogP contribution < -0.4 is 10.2 Å². The summed E-state index contributed by atoms with van der Waals surface area (Å²) in [7, 11) is 0. The van der Waals surface area contributed by atoms with Gasteiger partial charge >= 0.3 is 0 Å². The van der Waals surface area contributed by atoms with Crippen LogP contribution in [0.3, 0.4) is 0 Å². The van der Waals surface area contributed by atoms with Crippen molar-refractivity contribution in [2.24, 2.45) is 5.10 Å². The molecule has 0 heterocycles. The van der Waals surface area contributed by atoms with Crippen molar-refractivity contribution >= 4 is 29.3 Å². The number of hydrogen-bond donors (Lipinski definition) is 1. The lowest BCUT2D eigenvalue weighted by molar-refractivity contribution is -0.123. The van der Waals surface area contributed by atoms with Gasteiger partial charge in [-0.3, -0.25) is 4.79 Å². The Kier molecular flexibility index (Phi) is 7.65. The normalized spacial score (nSPS) is 11.9. The third-order valence-electron chi connectivity index (χ3n) is 3.39. The van der Waals surface area contributed by atoms with Crippen LogP contribution in [0.2, 0.25) is 5.02 Å². The van der Waals surface area contributed by atoms with Crippen molar-refractivity contribution in [3.05, 3.63) is 82.9 Å². The van der Waals surface area contributed by atoms with Crippen molar-refractivity contribution in [3.8, 4) is 5.75 Å². The summed E-state index contributed by atoms with van der Waals surface area (Å²) >= 11 is 5.95. The smallest absolute Gasteiger partial charge is 0.277 e. The molecule has 1 N–H and O–H groups in total. The summed E-state index contributed by atoms with van der Waals surface area (Å²) in [5.74, 6) is 0.263. The quantitative estimate of drug-likeness (QED) is 0.434. The van der Waals surface area contributed by atoms with E-state index in [4.69, 9.17) is 16.3 Å². The van der Waals surface area contributed by atoms with Gasteiger partial charge in [-0.05, 0) is 49.2 Å². The lowest BCUT2D eigenvalue weighted by atomic mass is 10.2. The molecular formula is C21H21ClN2O2. The van der Waals surface area contributed by atoms with Gasteiger partial charge in [-0.2, -0.15) is 5.10 Å². The molecular weight excluding hydrogens is 348 g/mol. The molecule has 0 spiro atoms. The lowest BCUT2D eigenvalue weighted by Crippen LogP contribution is -2.25. The van der Waals surface area contributed by atoms with E-state index in [9.17, 15) is 4.79 Å². The SMILES string of the molecule is CC(/C=C/C=C/c1ccccc1)=N/NC(=O)COc1ccc(Cl)c(C)c1. The number of halogens is 1. The molecule has 2 aromatic carbocycles. The van der Waals surface area contributed by atoms with Crippen molar-refractivity contribution in [2.45, 2.75) is 13.8 Å². The third-order valence-corrected chi connectivity index (χ3v) is 3.82. The van der Waals surface area contributed by atoms with Gasteiger partial charge in [-0.1, -0.05) is 60.2 Å². The second-order valence-electron chi connectivity index (χ2n) is 5.62. The molecule has 0 aliphatic heterocycles. The highest BCUT2D eigenvalue weighted by Gasteiger charge is 2.03. The fraction of sp³-hybridized carbons (Fsp3) is 0.143. The summed E-state index contributed by atoms with van der Waals surface area (Å²) in [5.41, 5.74) is 5.15. The Bertz CT molecular complexity index is 827. The summed E-state index contributed by atoms with van der Waals surface area (Å²) < 4.78 is 5.41. The summed E-state index contributed by atoms with van der Waals surface area (Å²) in [6.07, 6.45) is 7.58. The van der Waals surface area contributed by atoms with Crippen LogP contribution in [-0.2, 0) is 4.79 Å². The van der Waals surface area contributed by atoms with Gasteiger partial charge in [-0.25, -0.2) is 5.43 Å². The van der Waals surface area contributed by atoms with Gasteiger partial charge < -0.3 is 4.74 Å². The van der Waals surface area contributed by atoms with E-state index >= 15 is 0 Å². The molecule has 2 aromatic rings. The summed E-state index contributed by atoms with van der Waals surface area (Å²) in [6, 6.07) is 15.2. The Morgan fingerprint density at radius 3 is 2.69 bits per heavy atom. The van der Waals surface area contributed by atoms with Gasteiger partial charge in [0.05, 0.1) is 5.71 Å². The first-order valence-electron chi connectivity index (χ1n) is 8.16. The molecule has 2 rings (SSSR count). The van der Waals surface area contributed by atoms with E-state index < -0.39 is 0 Å². The number of nitrogens with zero attached hydrogens (tertiary/aromatic N) is 1. The number of hydrogen-bond acceptors (Lipinski definition) is 3. The Balaban J connectivity index is 1.76. The number of carbonyl (C=O) groups is 1. The number of rotatable bonds is 7. The predicted octanol–water partition coefficient (Wildman–Crippen LogP) is 4.79. The maximum absolute atomic E-state index is 11.8. The highest BCUT2D eigenvalue weighted by molar-refractivity contribution is 6.31. The largest absolute Gasteiger partial charge is 0.484 e. The number of allylic oxidation sites excluding steroid dienone is 3. The summed E-state index contributed by atoms with van der Waals surface area (Å²) in [4.78, 5) is 11.8. The number of nitrogens with one attached hydrogen (secondary N) is 1. The standard InChI is InChI=1S/C21H21ClN2O2/c1-16-14-19(12-13-20(16)22)26-15-21(25)24-23-17(2)8-6-7-11-18-9-4-3-5-10-18/h3-14H,15H2,1-2H3,(H,24,25)/b8-6+,11-7+,23-17-. The van der Waals surface area contributed by atoms with Gasteiger partial charge in [0.25, 0.3) is 5.91 Å². The zero-order chi connectivity index (χ0) is 18.8. The molecule has 0 aromatic heterocycles. The number of carbonyl (C=O) groups excluding carboxylic acids is 1. The van der Waals surface area contributed by atoms with Gasteiger partial charge in [0.2, 0.25) is 0 Å². The van der Waals surface area contributed by atoms with Crippen molar-refractivity contribution in [2.75, 3.05) is 6.61 Å². The molecule has 1 amide bonds. The molecule has 0 aliphatic carbocycles. The van der Waals surface area contributed by atoms with Gasteiger partial charge in [0.15, 0.2) is 6.61 Å². The van der Waals surface area contributed by atoms with Crippen LogP contribution in [-0.4, -0.2) is 18.2 Å². The van der Waals surface area contributed by atoms with E-state index in [1.54, 1.807) is 25.1 Å². The monoisotopic (exact) mass is 368 g/mol. The first-order valence-corrected chi connectivity index (χ1v) is 8.54. The molecule has 5 heteroatoms. The zero-order valence-corrected chi connectivity index (χ0v) is 15.5. The van der Waals surface area contributed by atoms with Crippen molar-refractivity contribution < 1.29 is 9.53 Å². The van der Waals surface area contributed by atoms with Gasteiger partial charge in [0.1, 0.15) is 5.75 Å². The average molecular weight is 369 g/mol. The van der Waals surface area contributed by atoms with E-state index in [0.29, 0.717) is 16.5 Å². The molecule has 4 nitrogen and oxygen atoms in total. The van der Waals surface area contributed by atoms with Crippen LogP contribution in [0.5, 0.6) is 5.75 Å². The van der Waals surface area contributed by atoms with Crippen LogP contribution in [0.25, 0.3) is 6.08 Å². The highest BCUT2D eigenvalue weighted by Crippen LogP contribution is 2.20. The number of hydrazone groups is 1. The first kappa shape index (κ1) is 19.5. The van der Waals surface area contributed by atoms with E-state index in [2.05, 4.69) is 10.5 Å². The van der Waals surface area contributed by atoms with Gasteiger partial charge in [-0.15, -0.1) is 0 Å². The molecule has 0 saturated heterocycles. The Morgan fingerprint density at radius 1 is 1.19 bits per heavy atom. The molecule has 0 fully saturated rings. The average Bonchev–Trinajstić information content (AvgIpc) is 2.65. The Morgan fingerprint density at radius 2 is 1.96 bits per heavy atom. The minimum atomic E-state index is -0.329. The van der Waals surface area contributed by atoms with E-state index in [-0.39, 0.29) is 12.5 Å². The van der Waals surface area contributed by atoms with E-state index in [1.165, 1.54) is 0 Å². The van der Waals surface area contributed by atoms with Gasteiger partial charge in [0, 0.05) is 5.02 Å². The molecule has 0 bridgehead atoms. The molecule has 0 atom stereocenters. The fourth-order valence-corrected chi connectivity index (χ4v) is 2.12. The zero-order valence-electron chi connectivity index (χ0n) is 14.8. The number of amides is 1. The van der Waals surface area contributed by atoms with E-state index in [0.717, 1.165) is 11.1 Å². The van der Waals surface area contributed by atoms with Crippen LogP contribution >= 0.6 is 11.6 Å². The molecule has 0 saturated carbocycles. The number of ether oxygens (including phenoxy) is 1. The molecule has 0 aliphatic rings. The van der Waals surface area contributed by atoms with Crippen LogP contribution in [0.1, 0.15) is 18.1 Å². The van der Waals surface area contributed by atoms with Crippen LogP contribution in [0, 0.1) is 6.92 Å². The van der Waals surface area contributed by atoms with E-state index in [1.807, 2.05) is 61.6 Å². The molecule has 26 heavy (non-hydrogen) atoms. The lowest BCUT2D eigenvalue weighted by Gasteiger charge is -2.06. The minimum Gasteiger partial charge on any atom is -0.484 e. The molecule has 0 unspecified atom stereocenters. The summed E-state index contributed by atoms with van der Waals surface area (Å²) in [6.45, 7) is 3.56. The molecule has 134 valence electrons. The fourth-order valence-electron chi connectivity index (χ4n) is 2.00. The third kappa shape index (κ3) is 6.95. The topological polar surface area (TPSA) is 50.7 Å². The summed E-state index contributed by atoms with van der Waals surface area (Å²) in [5, 5.41) is 4.67. The second kappa shape index (κ2) is 10.2. The maximum atomic E-state index is 11.8. The maximum Gasteiger partial charge on any atom is 0.277 e. The van der Waals surface area contributed by atoms with Crippen LogP contribution in [0.4, 0.5) is 0 Å². The minimum absolute atomic E-state index is 0.116.